The number of nitrogens with one attached hydrogen (secondary N) is 2. The van der Waals surface area contributed by atoms with Gasteiger partial charge in [-0.25, -0.2) is 0 Å². The van der Waals surface area contributed by atoms with Crippen molar-refractivity contribution in [1.82, 2.24) is 10.6 Å². The Kier molecular flexibility index (Phi) is 8.05. The number of hydrogen-bond donors (Lipinski definition) is 2. The van der Waals surface area contributed by atoms with E-state index in [4.69, 9.17) is 4.74 Å². The molecule has 4 heteroatoms. The van der Waals surface area contributed by atoms with Gasteiger partial charge in [-0.1, -0.05) is 0 Å². The Morgan fingerprint density at radius 3 is 2.67 bits per heavy atom. The van der Waals surface area contributed by atoms with E-state index in [2.05, 4.69) is 10.6 Å². The number of carbonyl (C=O) groups is 1. The molecule has 72 valence electrons. The van der Waals surface area contributed by atoms with Crippen LogP contribution >= 0.6 is 0 Å². The van der Waals surface area contributed by atoms with Crippen LogP contribution in [0, 0.1) is 0 Å². The van der Waals surface area contributed by atoms with E-state index in [9.17, 15) is 4.79 Å². The Labute approximate surface area is 73.7 Å². The van der Waals surface area contributed by atoms with Gasteiger partial charge in [0.05, 0.1) is 0 Å². The highest BCUT2D eigenvalue weighted by Crippen LogP contribution is 1.87. The van der Waals surface area contributed by atoms with E-state index in [-0.39, 0.29) is 12.5 Å². The molecule has 0 aliphatic heterocycles. The molecule has 0 saturated heterocycles. The van der Waals surface area contributed by atoms with Gasteiger partial charge in [0, 0.05) is 13.7 Å². The van der Waals surface area contributed by atoms with Crippen molar-refractivity contribution in [3.8, 4) is 0 Å². The van der Waals surface area contributed by atoms with Crippen molar-refractivity contribution in [2.45, 2.75) is 12.8 Å². The van der Waals surface area contributed by atoms with E-state index in [0.29, 0.717) is 6.61 Å². The fraction of sp³-hybridized carbons (Fsp3) is 0.875. The summed E-state index contributed by atoms with van der Waals surface area (Å²) >= 11 is 0. The molecule has 0 aliphatic carbocycles. The number of ether oxygens (including phenoxy) is 1. The van der Waals surface area contributed by atoms with Crippen molar-refractivity contribution in [3.63, 3.8) is 0 Å². The predicted octanol–water partition coefficient (Wildman–Crippen LogP) is -0.251. The lowest BCUT2D eigenvalue weighted by atomic mass is 10.3. The van der Waals surface area contributed by atoms with Gasteiger partial charge >= 0.3 is 0 Å². The van der Waals surface area contributed by atoms with Gasteiger partial charge in [0.15, 0.2) is 0 Å². The smallest absolute Gasteiger partial charge is 0.245 e. The molecule has 0 saturated carbocycles. The zero-order chi connectivity index (χ0) is 9.23. The van der Waals surface area contributed by atoms with Crippen LogP contribution in [0.2, 0.25) is 0 Å². The zero-order valence-electron chi connectivity index (χ0n) is 7.85. The Bertz CT molecular complexity index is 118. The number of likely N-dealkylation sites (N-methyl/N-ethyl adjacent to an activating group) is 1. The Hall–Kier alpha value is -0.610. The number of hydrogen-bond acceptors (Lipinski definition) is 3. The van der Waals surface area contributed by atoms with Gasteiger partial charge in [0.1, 0.15) is 6.61 Å². The maximum Gasteiger partial charge on any atom is 0.245 e. The van der Waals surface area contributed by atoms with E-state index in [1.807, 2.05) is 7.05 Å². The molecule has 0 aromatic heterocycles. The Balaban J connectivity index is 2.95. The van der Waals surface area contributed by atoms with Gasteiger partial charge in [0.2, 0.25) is 5.91 Å². The van der Waals surface area contributed by atoms with Gasteiger partial charge in [-0.15, -0.1) is 0 Å². The fourth-order valence-corrected chi connectivity index (χ4v) is 0.743. The average Bonchev–Trinajstić information content (AvgIpc) is 2.10. The number of carbonyl (C=O) groups excluding carboxylic acids is 1. The molecular formula is C8H18N2O2. The van der Waals surface area contributed by atoms with Crippen molar-refractivity contribution in [2.24, 2.45) is 0 Å². The molecule has 12 heavy (non-hydrogen) atoms. The lowest BCUT2D eigenvalue weighted by Crippen LogP contribution is -2.23. The van der Waals surface area contributed by atoms with Gasteiger partial charge in [0.25, 0.3) is 0 Å². The predicted molar refractivity (Wildman–Crippen MR) is 48.0 cm³/mol. The Morgan fingerprint density at radius 2 is 2.08 bits per heavy atom. The molecule has 0 unspecified atom stereocenters. The van der Waals surface area contributed by atoms with Crippen LogP contribution < -0.4 is 10.6 Å². The van der Waals surface area contributed by atoms with Crippen LogP contribution in [0.5, 0.6) is 0 Å². The number of unbranched alkanes of at least 4 members (excludes halogenated alkanes) is 1. The van der Waals surface area contributed by atoms with E-state index < -0.39 is 0 Å². The first-order valence-electron chi connectivity index (χ1n) is 4.24. The normalized spacial score (nSPS) is 9.83. The summed E-state index contributed by atoms with van der Waals surface area (Å²) in [6, 6.07) is 0. The summed E-state index contributed by atoms with van der Waals surface area (Å²) in [5.74, 6) is -0.0661. The lowest BCUT2D eigenvalue weighted by molar-refractivity contribution is -0.125. The first-order chi connectivity index (χ1) is 5.81. The maximum atomic E-state index is 10.7. The van der Waals surface area contributed by atoms with Crippen LogP contribution in [-0.2, 0) is 9.53 Å². The minimum Gasteiger partial charge on any atom is -0.372 e. The second kappa shape index (κ2) is 8.49. The summed E-state index contributed by atoms with van der Waals surface area (Å²) in [6.07, 6.45) is 2.09. The highest BCUT2D eigenvalue weighted by atomic mass is 16.5. The standard InChI is InChI=1S/C8H18N2O2/c1-9-5-3-4-6-12-7-8(11)10-2/h9H,3-7H2,1-2H3,(H,10,11). The summed E-state index contributed by atoms with van der Waals surface area (Å²) in [4.78, 5) is 10.7. The summed E-state index contributed by atoms with van der Waals surface area (Å²) in [7, 11) is 3.53. The molecule has 0 aromatic rings. The third-order valence-corrected chi connectivity index (χ3v) is 1.48. The van der Waals surface area contributed by atoms with E-state index >= 15 is 0 Å². The van der Waals surface area contributed by atoms with Crippen LogP contribution in [0.1, 0.15) is 12.8 Å². The quantitative estimate of drug-likeness (QED) is 0.523. The van der Waals surface area contributed by atoms with Crippen LogP contribution in [-0.4, -0.2) is 39.8 Å². The van der Waals surface area contributed by atoms with Gasteiger partial charge in [-0.3, -0.25) is 4.79 Å². The van der Waals surface area contributed by atoms with Crippen LogP contribution in [0.15, 0.2) is 0 Å². The summed E-state index contributed by atoms with van der Waals surface area (Å²) in [6.45, 7) is 1.84. The second-order valence-corrected chi connectivity index (χ2v) is 2.54. The minimum absolute atomic E-state index is 0.0661. The van der Waals surface area contributed by atoms with Gasteiger partial charge < -0.3 is 15.4 Å². The highest BCUT2D eigenvalue weighted by molar-refractivity contribution is 5.76. The molecule has 0 heterocycles. The summed E-state index contributed by atoms with van der Waals surface area (Å²) in [5.41, 5.74) is 0. The monoisotopic (exact) mass is 174 g/mol. The van der Waals surface area contributed by atoms with Crippen molar-refractivity contribution in [2.75, 3.05) is 33.9 Å². The largest absolute Gasteiger partial charge is 0.372 e. The number of rotatable bonds is 7. The Morgan fingerprint density at radius 1 is 1.33 bits per heavy atom. The third kappa shape index (κ3) is 7.50. The van der Waals surface area contributed by atoms with E-state index in [1.165, 1.54) is 0 Å². The highest BCUT2D eigenvalue weighted by Gasteiger charge is 1.95. The van der Waals surface area contributed by atoms with Crippen molar-refractivity contribution < 1.29 is 9.53 Å². The van der Waals surface area contributed by atoms with Crippen molar-refractivity contribution >= 4 is 5.91 Å². The molecule has 0 fully saturated rings. The number of amides is 1. The van der Waals surface area contributed by atoms with E-state index in [1.54, 1.807) is 7.05 Å². The molecule has 0 atom stereocenters. The van der Waals surface area contributed by atoms with Crippen LogP contribution in [0.4, 0.5) is 0 Å². The first kappa shape index (κ1) is 11.4. The molecule has 0 spiro atoms. The molecule has 4 nitrogen and oxygen atoms in total. The molecule has 2 N–H and O–H groups in total. The maximum absolute atomic E-state index is 10.7. The van der Waals surface area contributed by atoms with Gasteiger partial charge in [-0.2, -0.15) is 0 Å². The second-order valence-electron chi connectivity index (χ2n) is 2.54. The van der Waals surface area contributed by atoms with Crippen molar-refractivity contribution in [3.05, 3.63) is 0 Å². The van der Waals surface area contributed by atoms with E-state index in [0.717, 1.165) is 19.4 Å². The lowest BCUT2D eigenvalue weighted by Gasteiger charge is -2.02. The minimum atomic E-state index is -0.0661. The van der Waals surface area contributed by atoms with Crippen LogP contribution in [0.25, 0.3) is 0 Å². The summed E-state index contributed by atoms with van der Waals surface area (Å²) < 4.78 is 5.09. The average molecular weight is 174 g/mol. The topological polar surface area (TPSA) is 50.4 Å². The van der Waals surface area contributed by atoms with Crippen LogP contribution in [0.3, 0.4) is 0 Å². The molecule has 0 aromatic carbocycles. The van der Waals surface area contributed by atoms with Gasteiger partial charge in [-0.05, 0) is 26.4 Å². The molecule has 1 amide bonds. The summed E-state index contributed by atoms with van der Waals surface area (Å²) in [5, 5.41) is 5.53. The zero-order valence-corrected chi connectivity index (χ0v) is 7.85. The molecule has 0 aliphatic rings. The fourth-order valence-electron chi connectivity index (χ4n) is 0.743. The first-order valence-corrected chi connectivity index (χ1v) is 4.24. The molecule has 0 rings (SSSR count). The molecular weight excluding hydrogens is 156 g/mol. The third-order valence-electron chi connectivity index (χ3n) is 1.48. The SMILES string of the molecule is CNCCCCOCC(=O)NC. The molecule has 0 bridgehead atoms. The molecule has 0 radical (unpaired) electrons. The van der Waals surface area contributed by atoms with Crippen molar-refractivity contribution in [1.29, 1.82) is 0 Å².